The number of rotatable bonds is 20. The minimum Gasteiger partial charge on any atom is -0.352 e. The predicted molar refractivity (Wildman–Crippen MR) is 116 cm³/mol. The Bertz CT molecular complexity index is 294. The minimum atomic E-state index is -0.356. The molecule has 26 heavy (non-hydrogen) atoms. The van der Waals surface area contributed by atoms with E-state index in [0.717, 1.165) is 12.8 Å². The van der Waals surface area contributed by atoms with E-state index in [1.807, 2.05) is 0 Å². The first-order chi connectivity index (χ1) is 12.7. The van der Waals surface area contributed by atoms with Crippen LogP contribution in [0, 0.1) is 0 Å². The topological polar surface area (TPSA) is 55.1 Å². The third-order valence-electron chi connectivity index (χ3n) is 5.41. The average molecular weight is 369 g/mol. The molecule has 3 heteroatoms. The molecule has 0 aromatic carbocycles. The van der Waals surface area contributed by atoms with E-state index in [1.54, 1.807) is 0 Å². The third kappa shape index (κ3) is 19.6. The van der Waals surface area contributed by atoms with Crippen LogP contribution in [0.1, 0.15) is 136 Å². The van der Waals surface area contributed by atoms with Gasteiger partial charge in [0.2, 0.25) is 0 Å². The Kier molecular flexibility index (Phi) is 20.0. The van der Waals surface area contributed by atoms with E-state index in [9.17, 15) is 4.79 Å². The van der Waals surface area contributed by atoms with Crippen LogP contribution in [-0.4, -0.2) is 12.1 Å². The van der Waals surface area contributed by atoms with Crippen LogP contribution in [-0.2, 0) is 0 Å². The van der Waals surface area contributed by atoms with Crippen molar-refractivity contribution in [1.29, 1.82) is 0 Å². The second-order valence-corrected chi connectivity index (χ2v) is 8.09. The predicted octanol–water partition coefficient (Wildman–Crippen LogP) is 7.48. The normalized spacial score (nSPS) is 12.2. The monoisotopic (exact) mass is 368 g/mol. The van der Waals surface area contributed by atoms with Crippen molar-refractivity contribution in [1.82, 2.24) is 5.32 Å². The molecule has 0 aliphatic heterocycles. The highest BCUT2D eigenvalue weighted by Gasteiger charge is 2.09. The van der Waals surface area contributed by atoms with Crippen molar-refractivity contribution in [2.45, 2.75) is 142 Å². The van der Waals surface area contributed by atoms with Crippen molar-refractivity contribution in [2.75, 3.05) is 0 Å². The van der Waals surface area contributed by atoms with E-state index in [4.69, 9.17) is 5.73 Å². The second kappa shape index (κ2) is 20.6. The quantitative estimate of drug-likeness (QED) is 0.215. The summed E-state index contributed by atoms with van der Waals surface area (Å²) < 4.78 is 0. The fourth-order valence-electron chi connectivity index (χ4n) is 3.72. The minimum absolute atomic E-state index is 0.289. The Hall–Kier alpha value is -0.730. The lowest BCUT2D eigenvalue weighted by Crippen LogP contribution is -2.38. The molecule has 0 rings (SSSR count). The van der Waals surface area contributed by atoms with Gasteiger partial charge in [-0.2, -0.15) is 0 Å². The standard InChI is InChI=1S/C23H48N2O/c1-3-5-7-9-11-13-15-17-19-21-22(25-23(24)26)20-18-16-14-12-10-8-6-4-2/h22H,3-21H2,1-2H3,(H3,24,25,26). The van der Waals surface area contributed by atoms with E-state index < -0.39 is 0 Å². The molecule has 0 saturated heterocycles. The summed E-state index contributed by atoms with van der Waals surface area (Å²) in [7, 11) is 0. The lowest BCUT2D eigenvalue weighted by atomic mass is 9.99. The van der Waals surface area contributed by atoms with Crippen molar-refractivity contribution < 1.29 is 4.79 Å². The third-order valence-corrected chi connectivity index (χ3v) is 5.41. The zero-order valence-electron chi connectivity index (χ0n) is 18.0. The maximum atomic E-state index is 11.2. The number of unbranched alkanes of at least 4 members (excludes halogenated alkanes) is 15. The number of primary amides is 1. The van der Waals surface area contributed by atoms with Gasteiger partial charge in [0.15, 0.2) is 0 Å². The van der Waals surface area contributed by atoms with Crippen LogP contribution >= 0.6 is 0 Å². The maximum Gasteiger partial charge on any atom is 0.312 e. The van der Waals surface area contributed by atoms with E-state index >= 15 is 0 Å². The molecule has 0 aromatic heterocycles. The van der Waals surface area contributed by atoms with Gasteiger partial charge < -0.3 is 11.1 Å². The van der Waals surface area contributed by atoms with Gasteiger partial charge in [0, 0.05) is 6.04 Å². The molecule has 3 nitrogen and oxygen atoms in total. The molecule has 0 aliphatic rings. The molecule has 1 unspecified atom stereocenters. The molecule has 0 saturated carbocycles. The van der Waals surface area contributed by atoms with Gasteiger partial charge >= 0.3 is 6.03 Å². The lowest BCUT2D eigenvalue weighted by Gasteiger charge is -2.17. The van der Waals surface area contributed by atoms with Crippen LogP contribution in [0.5, 0.6) is 0 Å². The van der Waals surface area contributed by atoms with Crippen molar-refractivity contribution in [3.05, 3.63) is 0 Å². The Balaban J connectivity index is 3.59. The molecule has 0 aromatic rings. The van der Waals surface area contributed by atoms with Gasteiger partial charge in [0.25, 0.3) is 0 Å². The van der Waals surface area contributed by atoms with Crippen molar-refractivity contribution in [3.63, 3.8) is 0 Å². The number of urea groups is 1. The van der Waals surface area contributed by atoms with Gasteiger partial charge in [-0.05, 0) is 12.8 Å². The number of hydrogen-bond donors (Lipinski definition) is 2. The van der Waals surface area contributed by atoms with E-state index in [2.05, 4.69) is 19.2 Å². The highest BCUT2D eigenvalue weighted by Crippen LogP contribution is 2.15. The Morgan fingerprint density at radius 3 is 1.23 bits per heavy atom. The lowest BCUT2D eigenvalue weighted by molar-refractivity contribution is 0.243. The largest absolute Gasteiger partial charge is 0.352 e. The van der Waals surface area contributed by atoms with Crippen molar-refractivity contribution in [3.8, 4) is 0 Å². The fraction of sp³-hybridized carbons (Fsp3) is 0.957. The SMILES string of the molecule is CCCCCCCCCCCC(CCCCCCCCCC)NC(N)=O. The number of carbonyl (C=O) groups is 1. The van der Waals surface area contributed by atoms with Crippen LogP contribution in [0.4, 0.5) is 4.79 Å². The second-order valence-electron chi connectivity index (χ2n) is 8.09. The van der Waals surface area contributed by atoms with Gasteiger partial charge in [0.1, 0.15) is 0 Å². The Morgan fingerprint density at radius 1 is 0.615 bits per heavy atom. The first kappa shape index (κ1) is 25.3. The van der Waals surface area contributed by atoms with E-state index in [1.165, 1.54) is 109 Å². The van der Waals surface area contributed by atoms with Crippen LogP contribution in [0.3, 0.4) is 0 Å². The number of nitrogens with two attached hydrogens (primary N) is 1. The molecule has 1 atom stereocenters. The van der Waals surface area contributed by atoms with Gasteiger partial charge in [-0.15, -0.1) is 0 Å². The maximum absolute atomic E-state index is 11.2. The average Bonchev–Trinajstić information content (AvgIpc) is 2.61. The molecular weight excluding hydrogens is 320 g/mol. The molecule has 0 aliphatic carbocycles. The summed E-state index contributed by atoms with van der Waals surface area (Å²) in [4.78, 5) is 11.2. The van der Waals surface area contributed by atoms with Crippen molar-refractivity contribution in [2.24, 2.45) is 5.73 Å². The molecule has 3 N–H and O–H groups in total. The summed E-state index contributed by atoms with van der Waals surface area (Å²) in [6.07, 6.45) is 25.0. The van der Waals surface area contributed by atoms with Gasteiger partial charge in [-0.3, -0.25) is 0 Å². The fourth-order valence-corrected chi connectivity index (χ4v) is 3.72. The van der Waals surface area contributed by atoms with E-state index in [-0.39, 0.29) is 12.1 Å². The first-order valence-corrected chi connectivity index (χ1v) is 11.8. The summed E-state index contributed by atoms with van der Waals surface area (Å²) >= 11 is 0. The van der Waals surface area contributed by atoms with Crippen LogP contribution in [0.15, 0.2) is 0 Å². The number of nitrogens with one attached hydrogen (secondary N) is 1. The first-order valence-electron chi connectivity index (χ1n) is 11.8. The van der Waals surface area contributed by atoms with Crippen LogP contribution in [0.2, 0.25) is 0 Å². The van der Waals surface area contributed by atoms with Gasteiger partial charge in [-0.25, -0.2) is 4.79 Å². The van der Waals surface area contributed by atoms with Crippen LogP contribution < -0.4 is 11.1 Å². The Labute approximate surface area is 164 Å². The molecule has 0 heterocycles. The zero-order chi connectivity index (χ0) is 19.3. The summed E-state index contributed by atoms with van der Waals surface area (Å²) in [6, 6.07) is -0.0670. The van der Waals surface area contributed by atoms with Crippen LogP contribution in [0.25, 0.3) is 0 Å². The van der Waals surface area contributed by atoms with Crippen molar-refractivity contribution >= 4 is 6.03 Å². The summed E-state index contributed by atoms with van der Waals surface area (Å²) in [6.45, 7) is 4.53. The van der Waals surface area contributed by atoms with Gasteiger partial charge in [-0.1, -0.05) is 123 Å². The summed E-state index contributed by atoms with van der Waals surface area (Å²) in [5.74, 6) is 0. The molecule has 0 radical (unpaired) electrons. The number of carbonyl (C=O) groups excluding carboxylic acids is 1. The highest BCUT2D eigenvalue weighted by molar-refractivity contribution is 5.71. The smallest absolute Gasteiger partial charge is 0.312 e. The molecular formula is C23H48N2O. The number of amides is 2. The van der Waals surface area contributed by atoms with Gasteiger partial charge in [0.05, 0.1) is 0 Å². The molecule has 0 fully saturated rings. The zero-order valence-corrected chi connectivity index (χ0v) is 18.0. The molecule has 0 bridgehead atoms. The molecule has 0 spiro atoms. The molecule has 156 valence electrons. The van der Waals surface area contributed by atoms with E-state index in [0.29, 0.717) is 0 Å². The Morgan fingerprint density at radius 2 is 0.923 bits per heavy atom. The highest BCUT2D eigenvalue weighted by atomic mass is 16.2. The summed E-state index contributed by atoms with van der Waals surface area (Å²) in [5, 5.41) is 2.96. The molecule has 2 amide bonds. The number of hydrogen-bond acceptors (Lipinski definition) is 1. The summed E-state index contributed by atoms with van der Waals surface area (Å²) in [5.41, 5.74) is 5.35.